The molecule has 1 aromatic carbocycles. The van der Waals surface area contributed by atoms with Crippen LogP contribution in [0.1, 0.15) is 27.0 Å². The molecule has 1 heterocycles. The Kier molecular flexibility index (Phi) is 4.09. The van der Waals surface area contributed by atoms with E-state index in [0.29, 0.717) is 12.1 Å². The number of carbonyl (C=O) groups is 2. The number of rotatable bonds is 2. The lowest BCUT2D eigenvalue weighted by molar-refractivity contribution is -0.154. The first-order valence-electron chi connectivity index (χ1n) is 6.61. The second kappa shape index (κ2) is 5.63. The second-order valence-electron chi connectivity index (χ2n) is 5.22. The van der Waals surface area contributed by atoms with Crippen LogP contribution >= 0.6 is 0 Å². The second-order valence-corrected chi connectivity index (χ2v) is 5.22. The zero-order chi connectivity index (χ0) is 14.9. The number of aliphatic carboxylic acids is 1. The fraction of sp³-hybridized carbons (Fsp3) is 0.467. The fourth-order valence-electron chi connectivity index (χ4n) is 2.66. The van der Waals surface area contributed by atoms with Crippen LogP contribution in [0.2, 0.25) is 0 Å². The molecule has 1 unspecified atom stereocenters. The monoisotopic (exact) mass is 277 g/mol. The Labute approximate surface area is 118 Å². The summed E-state index contributed by atoms with van der Waals surface area (Å²) >= 11 is 0. The van der Waals surface area contributed by atoms with Gasteiger partial charge in [-0.25, -0.2) is 4.79 Å². The van der Waals surface area contributed by atoms with Crippen molar-refractivity contribution < 1.29 is 19.4 Å². The number of aryl methyl sites for hydroxylation is 3. The molecule has 1 aliphatic rings. The Balaban J connectivity index is 2.25. The topological polar surface area (TPSA) is 66.8 Å². The average molecular weight is 277 g/mol. The van der Waals surface area contributed by atoms with Crippen LogP contribution in [-0.2, 0) is 9.53 Å². The van der Waals surface area contributed by atoms with Gasteiger partial charge < -0.3 is 14.7 Å². The van der Waals surface area contributed by atoms with Gasteiger partial charge in [-0.3, -0.25) is 4.79 Å². The van der Waals surface area contributed by atoms with Gasteiger partial charge in [0.15, 0.2) is 6.10 Å². The number of morpholine rings is 1. The number of hydrogen-bond donors (Lipinski definition) is 1. The predicted molar refractivity (Wildman–Crippen MR) is 73.9 cm³/mol. The molecule has 1 saturated heterocycles. The lowest BCUT2D eigenvalue weighted by Crippen LogP contribution is -2.48. The van der Waals surface area contributed by atoms with Crippen molar-refractivity contribution >= 4 is 11.9 Å². The van der Waals surface area contributed by atoms with Gasteiger partial charge in [0, 0.05) is 12.1 Å². The van der Waals surface area contributed by atoms with Crippen LogP contribution in [0.3, 0.4) is 0 Å². The van der Waals surface area contributed by atoms with Crippen molar-refractivity contribution in [3.63, 3.8) is 0 Å². The minimum absolute atomic E-state index is 0.0981. The summed E-state index contributed by atoms with van der Waals surface area (Å²) in [5.41, 5.74) is 3.63. The number of carboxylic acids is 1. The summed E-state index contributed by atoms with van der Waals surface area (Å²) in [6.07, 6.45) is -0.932. The van der Waals surface area contributed by atoms with Crippen LogP contribution in [-0.4, -0.2) is 47.7 Å². The fourth-order valence-corrected chi connectivity index (χ4v) is 2.66. The molecular weight excluding hydrogens is 258 g/mol. The van der Waals surface area contributed by atoms with Gasteiger partial charge in [0.2, 0.25) is 0 Å². The zero-order valence-electron chi connectivity index (χ0n) is 12.0. The zero-order valence-corrected chi connectivity index (χ0v) is 12.0. The van der Waals surface area contributed by atoms with Crippen molar-refractivity contribution in [1.82, 2.24) is 4.90 Å². The van der Waals surface area contributed by atoms with E-state index >= 15 is 0 Å². The largest absolute Gasteiger partial charge is 0.479 e. The molecule has 0 aromatic heterocycles. The van der Waals surface area contributed by atoms with Crippen LogP contribution in [0.5, 0.6) is 0 Å². The van der Waals surface area contributed by atoms with Crippen molar-refractivity contribution in [2.45, 2.75) is 26.9 Å². The third-order valence-electron chi connectivity index (χ3n) is 3.52. The first kappa shape index (κ1) is 14.5. The van der Waals surface area contributed by atoms with E-state index in [4.69, 9.17) is 9.84 Å². The SMILES string of the molecule is Cc1cc(C)c(C(=O)N2CCOC(C(=O)O)C2)c(C)c1. The van der Waals surface area contributed by atoms with Crippen LogP contribution in [0.4, 0.5) is 0 Å². The molecule has 0 radical (unpaired) electrons. The van der Waals surface area contributed by atoms with Gasteiger partial charge in [-0.15, -0.1) is 0 Å². The van der Waals surface area contributed by atoms with E-state index in [-0.39, 0.29) is 19.1 Å². The summed E-state index contributed by atoms with van der Waals surface area (Å²) in [5, 5.41) is 8.99. The minimum atomic E-state index is -1.03. The van der Waals surface area contributed by atoms with Crippen LogP contribution in [0.15, 0.2) is 12.1 Å². The molecule has 0 spiro atoms. The number of carboxylic acid groups (broad SMARTS) is 1. The van der Waals surface area contributed by atoms with E-state index in [1.54, 1.807) is 4.90 Å². The number of hydrogen-bond acceptors (Lipinski definition) is 3. The van der Waals surface area contributed by atoms with Crippen molar-refractivity contribution in [3.8, 4) is 0 Å². The Morgan fingerprint density at radius 1 is 1.25 bits per heavy atom. The predicted octanol–water partition coefficient (Wildman–Crippen LogP) is 1.54. The van der Waals surface area contributed by atoms with Crippen LogP contribution in [0, 0.1) is 20.8 Å². The molecule has 0 bridgehead atoms. The summed E-state index contributed by atoms with van der Waals surface area (Å²) in [6, 6.07) is 3.94. The Morgan fingerprint density at radius 2 is 1.85 bits per heavy atom. The van der Waals surface area contributed by atoms with Crippen molar-refractivity contribution in [2.24, 2.45) is 0 Å². The van der Waals surface area contributed by atoms with E-state index in [1.165, 1.54) is 0 Å². The normalized spacial score (nSPS) is 18.9. The smallest absolute Gasteiger partial charge is 0.334 e. The van der Waals surface area contributed by atoms with Gasteiger partial charge >= 0.3 is 5.97 Å². The van der Waals surface area contributed by atoms with Crippen molar-refractivity contribution in [2.75, 3.05) is 19.7 Å². The third-order valence-corrected chi connectivity index (χ3v) is 3.52. The number of nitrogens with zero attached hydrogens (tertiary/aromatic N) is 1. The quantitative estimate of drug-likeness (QED) is 0.890. The lowest BCUT2D eigenvalue weighted by Gasteiger charge is -2.31. The molecule has 5 heteroatoms. The molecule has 1 aliphatic heterocycles. The average Bonchev–Trinajstić information content (AvgIpc) is 2.37. The molecule has 1 atom stereocenters. The van der Waals surface area contributed by atoms with Gasteiger partial charge in [-0.05, 0) is 31.9 Å². The van der Waals surface area contributed by atoms with Crippen LogP contribution in [0.25, 0.3) is 0 Å². The third kappa shape index (κ3) is 2.82. The number of ether oxygens (including phenoxy) is 1. The number of amides is 1. The highest BCUT2D eigenvalue weighted by Crippen LogP contribution is 2.20. The standard InChI is InChI=1S/C15H19NO4/c1-9-6-10(2)13(11(3)7-9)14(17)16-4-5-20-12(8-16)15(18)19/h6-7,12H,4-5,8H2,1-3H3,(H,18,19). The molecule has 1 aromatic rings. The highest BCUT2D eigenvalue weighted by atomic mass is 16.5. The van der Waals surface area contributed by atoms with Gasteiger partial charge in [0.05, 0.1) is 13.2 Å². The summed E-state index contributed by atoms with van der Waals surface area (Å²) in [6.45, 7) is 6.58. The highest BCUT2D eigenvalue weighted by Gasteiger charge is 2.30. The molecule has 1 amide bonds. The molecule has 0 saturated carbocycles. The molecule has 108 valence electrons. The maximum Gasteiger partial charge on any atom is 0.334 e. The van der Waals surface area contributed by atoms with Gasteiger partial charge in [-0.1, -0.05) is 17.7 Å². The van der Waals surface area contributed by atoms with E-state index in [9.17, 15) is 9.59 Å². The Bertz CT molecular complexity index is 530. The van der Waals surface area contributed by atoms with Crippen LogP contribution < -0.4 is 0 Å². The molecule has 2 rings (SSSR count). The molecule has 1 N–H and O–H groups in total. The van der Waals surface area contributed by atoms with Gasteiger partial charge in [0.1, 0.15) is 0 Å². The summed E-state index contributed by atoms with van der Waals surface area (Å²) in [7, 11) is 0. The Hall–Kier alpha value is -1.88. The summed E-state index contributed by atoms with van der Waals surface area (Å²) in [4.78, 5) is 25.1. The minimum Gasteiger partial charge on any atom is -0.479 e. The molecule has 0 aliphatic carbocycles. The first-order valence-corrected chi connectivity index (χ1v) is 6.61. The molecule has 1 fully saturated rings. The number of benzene rings is 1. The maximum atomic E-state index is 12.6. The van der Waals surface area contributed by atoms with E-state index < -0.39 is 12.1 Å². The maximum absolute atomic E-state index is 12.6. The van der Waals surface area contributed by atoms with Gasteiger partial charge in [-0.2, -0.15) is 0 Å². The van der Waals surface area contributed by atoms with E-state index in [0.717, 1.165) is 16.7 Å². The first-order chi connectivity index (χ1) is 9.40. The lowest BCUT2D eigenvalue weighted by atomic mass is 9.98. The highest BCUT2D eigenvalue weighted by molar-refractivity contribution is 5.97. The summed E-state index contributed by atoms with van der Waals surface area (Å²) in [5.74, 6) is -1.14. The van der Waals surface area contributed by atoms with E-state index in [1.807, 2.05) is 32.9 Å². The van der Waals surface area contributed by atoms with Crippen molar-refractivity contribution in [3.05, 3.63) is 34.4 Å². The van der Waals surface area contributed by atoms with Gasteiger partial charge in [0.25, 0.3) is 5.91 Å². The van der Waals surface area contributed by atoms with E-state index in [2.05, 4.69) is 0 Å². The molecule has 5 nitrogen and oxygen atoms in total. The molecular formula is C15H19NO4. The van der Waals surface area contributed by atoms with Crippen molar-refractivity contribution in [1.29, 1.82) is 0 Å². The summed E-state index contributed by atoms with van der Waals surface area (Å²) < 4.78 is 5.14. The Morgan fingerprint density at radius 3 is 2.40 bits per heavy atom. The molecule has 20 heavy (non-hydrogen) atoms. The number of carbonyl (C=O) groups excluding carboxylic acids is 1.